The zero-order valence-corrected chi connectivity index (χ0v) is 14.4. The second kappa shape index (κ2) is 8.26. The number of non-ortho nitro benzene ring substituents is 1. The van der Waals surface area contributed by atoms with Crippen LogP contribution in [0.15, 0.2) is 36.0 Å². The van der Waals surface area contributed by atoms with Crippen molar-refractivity contribution in [1.29, 1.82) is 0 Å². The van der Waals surface area contributed by atoms with Crippen LogP contribution in [-0.2, 0) is 0 Å². The number of benzene rings is 1. The van der Waals surface area contributed by atoms with Crippen LogP contribution in [0.25, 0.3) is 0 Å². The highest BCUT2D eigenvalue weighted by Gasteiger charge is 2.23. The van der Waals surface area contributed by atoms with Gasteiger partial charge in [-0.3, -0.25) is 10.1 Å². The van der Waals surface area contributed by atoms with Gasteiger partial charge in [-0.05, 0) is 45.2 Å². The maximum Gasteiger partial charge on any atom is 0.269 e. The van der Waals surface area contributed by atoms with Crippen LogP contribution in [0.4, 0.5) is 5.69 Å². The van der Waals surface area contributed by atoms with Gasteiger partial charge in [-0.15, -0.1) is 0 Å². The van der Waals surface area contributed by atoms with E-state index < -0.39 is 4.92 Å². The highest BCUT2D eigenvalue weighted by molar-refractivity contribution is 5.36. The number of ether oxygens (including phenoxy) is 1. The van der Waals surface area contributed by atoms with Crippen LogP contribution in [0.5, 0.6) is 5.75 Å². The number of hydrogen-bond acceptors (Lipinski definition) is 4. The van der Waals surface area contributed by atoms with E-state index in [4.69, 9.17) is 4.74 Å². The smallest absolute Gasteiger partial charge is 0.269 e. The fourth-order valence-corrected chi connectivity index (χ4v) is 3.09. The largest absolute Gasteiger partial charge is 0.628 e. The number of quaternary nitrogens is 1. The lowest BCUT2D eigenvalue weighted by Gasteiger charge is -2.43. The lowest BCUT2D eigenvalue weighted by molar-refractivity contribution is -0.840. The Bertz CT molecular complexity index is 579. The molecule has 1 aliphatic rings. The van der Waals surface area contributed by atoms with Gasteiger partial charge >= 0.3 is 0 Å². The molecule has 0 amide bonds. The maximum absolute atomic E-state index is 12.9. The third kappa shape index (κ3) is 4.55. The van der Waals surface area contributed by atoms with Crippen LogP contribution in [-0.4, -0.2) is 28.8 Å². The molecule has 1 atom stereocenters. The van der Waals surface area contributed by atoms with Crippen molar-refractivity contribution in [2.45, 2.75) is 52.1 Å². The van der Waals surface area contributed by atoms with Gasteiger partial charge in [0.25, 0.3) is 5.69 Å². The van der Waals surface area contributed by atoms with E-state index in [1.807, 2.05) is 19.9 Å². The third-order valence-electron chi connectivity index (χ3n) is 4.68. The molecular formula is C18H26N2O4. The number of allylic oxidation sites excluding steroid dienone is 1. The van der Waals surface area contributed by atoms with Gasteiger partial charge in [0.05, 0.1) is 18.0 Å². The molecule has 132 valence electrons. The molecule has 0 bridgehead atoms. The first-order valence-electron chi connectivity index (χ1n) is 8.69. The summed E-state index contributed by atoms with van der Waals surface area (Å²) >= 11 is 0. The van der Waals surface area contributed by atoms with E-state index >= 15 is 0 Å². The number of nitrogens with zero attached hydrogens (tertiary/aromatic N) is 2. The summed E-state index contributed by atoms with van der Waals surface area (Å²) in [5.41, 5.74) is 0.940. The molecule has 0 N–H and O–H groups in total. The molecule has 6 nitrogen and oxygen atoms in total. The quantitative estimate of drug-likeness (QED) is 0.434. The normalized spacial score (nSPS) is 19.1. The zero-order chi connectivity index (χ0) is 17.6. The lowest BCUT2D eigenvalue weighted by Crippen LogP contribution is -2.41. The summed E-state index contributed by atoms with van der Waals surface area (Å²) in [6, 6.07) is 6.11. The van der Waals surface area contributed by atoms with E-state index in [1.165, 1.54) is 12.1 Å². The molecule has 0 saturated carbocycles. The first-order chi connectivity index (χ1) is 11.5. The average Bonchev–Trinajstić information content (AvgIpc) is 2.57. The summed E-state index contributed by atoms with van der Waals surface area (Å²) in [7, 11) is 0. The van der Waals surface area contributed by atoms with Gasteiger partial charge in [0.2, 0.25) is 0 Å². The fraction of sp³-hybridized carbons (Fsp3) is 0.556. The summed E-state index contributed by atoms with van der Waals surface area (Å²) in [5, 5.41) is 23.6. The molecule has 6 heteroatoms. The Kier molecular flexibility index (Phi) is 6.34. The molecule has 0 radical (unpaired) electrons. The predicted octanol–water partition coefficient (Wildman–Crippen LogP) is 4.54. The lowest BCUT2D eigenvalue weighted by atomic mass is 10.0. The molecule has 1 aromatic carbocycles. The molecule has 24 heavy (non-hydrogen) atoms. The molecule has 0 aliphatic heterocycles. The minimum atomic E-state index is -0.427. The standard InChI is InChI=1S/C18H26N2O4/c1-3-20(23,4-2)16-8-6-5-7-9-18(14-16)24-17-12-10-15(11-13-17)19(21)22/h10-14,18H,3-9H2,1-2H3. The monoisotopic (exact) mass is 334 g/mol. The Hall–Kier alpha value is -1.92. The van der Waals surface area contributed by atoms with Crippen LogP contribution >= 0.6 is 0 Å². The second-order valence-corrected chi connectivity index (χ2v) is 6.19. The molecule has 2 rings (SSSR count). The minimum absolute atomic E-state index is 0.0449. The van der Waals surface area contributed by atoms with Gasteiger partial charge < -0.3 is 14.6 Å². The number of nitro benzene ring substituents is 1. The second-order valence-electron chi connectivity index (χ2n) is 6.19. The Morgan fingerprint density at radius 3 is 2.42 bits per heavy atom. The SMILES string of the molecule is CC[N+]([O-])(CC)C1=CC(Oc2ccc([N+](=O)[O-])cc2)CCCCC1. The Labute approximate surface area is 143 Å². The van der Waals surface area contributed by atoms with E-state index in [2.05, 4.69) is 0 Å². The molecule has 1 unspecified atom stereocenters. The molecule has 0 aromatic heterocycles. The first-order valence-corrected chi connectivity index (χ1v) is 8.69. The van der Waals surface area contributed by atoms with E-state index in [0.717, 1.165) is 37.8 Å². The highest BCUT2D eigenvalue weighted by Crippen LogP contribution is 2.28. The number of nitro groups is 1. The van der Waals surface area contributed by atoms with E-state index in [1.54, 1.807) is 12.1 Å². The molecule has 0 heterocycles. The number of rotatable bonds is 6. The van der Waals surface area contributed by atoms with Gasteiger partial charge in [0.15, 0.2) is 0 Å². The van der Waals surface area contributed by atoms with Crippen molar-refractivity contribution >= 4 is 5.69 Å². The molecule has 0 saturated heterocycles. The Morgan fingerprint density at radius 1 is 1.17 bits per heavy atom. The average molecular weight is 334 g/mol. The molecule has 1 aliphatic carbocycles. The Morgan fingerprint density at radius 2 is 1.83 bits per heavy atom. The first kappa shape index (κ1) is 18.4. The van der Waals surface area contributed by atoms with Crippen molar-refractivity contribution in [2.75, 3.05) is 13.1 Å². The van der Waals surface area contributed by atoms with Crippen molar-refractivity contribution in [1.82, 2.24) is 0 Å². The highest BCUT2D eigenvalue weighted by atomic mass is 16.6. The van der Waals surface area contributed by atoms with Gasteiger partial charge in [-0.25, -0.2) is 0 Å². The van der Waals surface area contributed by atoms with Gasteiger partial charge in [-0.2, -0.15) is 0 Å². The van der Waals surface area contributed by atoms with Crippen LogP contribution in [0, 0.1) is 15.3 Å². The van der Waals surface area contributed by atoms with Crippen LogP contribution in [0.1, 0.15) is 46.0 Å². The summed E-state index contributed by atoms with van der Waals surface area (Å²) < 4.78 is 5.70. The molecule has 0 fully saturated rings. The fourth-order valence-electron chi connectivity index (χ4n) is 3.09. The molecule has 1 aromatic rings. The molecular weight excluding hydrogens is 308 g/mol. The minimum Gasteiger partial charge on any atom is -0.628 e. The predicted molar refractivity (Wildman–Crippen MR) is 93.4 cm³/mol. The number of hydrogen-bond donors (Lipinski definition) is 0. The van der Waals surface area contributed by atoms with Crippen molar-refractivity contribution in [2.24, 2.45) is 0 Å². The van der Waals surface area contributed by atoms with Gasteiger partial charge in [-0.1, -0.05) is 6.42 Å². The van der Waals surface area contributed by atoms with Crippen molar-refractivity contribution < 1.29 is 14.3 Å². The van der Waals surface area contributed by atoms with Crippen molar-refractivity contribution in [3.8, 4) is 5.75 Å². The third-order valence-corrected chi connectivity index (χ3v) is 4.68. The molecule has 0 spiro atoms. The summed E-state index contributed by atoms with van der Waals surface area (Å²) in [4.78, 5) is 10.3. The van der Waals surface area contributed by atoms with Crippen LogP contribution in [0.3, 0.4) is 0 Å². The van der Waals surface area contributed by atoms with E-state index in [-0.39, 0.29) is 16.4 Å². The van der Waals surface area contributed by atoms with E-state index in [0.29, 0.717) is 18.8 Å². The summed E-state index contributed by atoms with van der Waals surface area (Å²) in [5.74, 6) is 0.596. The summed E-state index contributed by atoms with van der Waals surface area (Å²) in [6.07, 6.45) is 6.67. The van der Waals surface area contributed by atoms with Crippen LogP contribution < -0.4 is 4.74 Å². The van der Waals surface area contributed by atoms with Gasteiger partial charge in [0, 0.05) is 24.6 Å². The number of hydroxylamine groups is 3. The summed E-state index contributed by atoms with van der Waals surface area (Å²) in [6.45, 7) is 4.88. The maximum atomic E-state index is 12.9. The Balaban J connectivity index is 2.19. The topological polar surface area (TPSA) is 75.4 Å². The van der Waals surface area contributed by atoms with Crippen LogP contribution in [0.2, 0.25) is 0 Å². The van der Waals surface area contributed by atoms with Gasteiger partial charge in [0.1, 0.15) is 17.6 Å². The van der Waals surface area contributed by atoms with E-state index in [9.17, 15) is 15.3 Å². The van der Waals surface area contributed by atoms with Crippen molar-refractivity contribution in [3.05, 3.63) is 51.4 Å². The zero-order valence-electron chi connectivity index (χ0n) is 14.4. The van der Waals surface area contributed by atoms with Crippen molar-refractivity contribution in [3.63, 3.8) is 0 Å².